The maximum Gasteiger partial charge on any atom is 0.226 e. The maximum atomic E-state index is 13.9. The lowest BCUT2D eigenvalue weighted by molar-refractivity contribution is -0.140. The molecule has 1 saturated carbocycles. The van der Waals surface area contributed by atoms with Gasteiger partial charge in [0, 0.05) is 38.0 Å². The Balaban J connectivity index is 1.30. The summed E-state index contributed by atoms with van der Waals surface area (Å²) in [5.41, 5.74) is 0.667. The number of carbonyl (C=O) groups is 2. The molecule has 2 aliphatic heterocycles. The molecule has 134 valence electrons. The van der Waals surface area contributed by atoms with E-state index in [0.717, 1.165) is 45.2 Å². The Morgan fingerprint density at radius 1 is 0.920 bits per heavy atom. The third kappa shape index (κ3) is 3.29. The van der Waals surface area contributed by atoms with Gasteiger partial charge >= 0.3 is 0 Å². The van der Waals surface area contributed by atoms with Crippen LogP contribution in [0.2, 0.25) is 0 Å². The molecular formula is C20H25FN2O2. The molecule has 0 bridgehead atoms. The van der Waals surface area contributed by atoms with Crippen LogP contribution in [0.1, 0.15) is 43.6 Å². The Morgan fingerprint density at radius 2 is 1.56 bits per heavy atom. The Hall–Kier alpha value is -1.91. The van der Waals surface area contributed by atoms with Crippen LogP contribution in [0.4, 0.5) is 4.39 Å². The lowest BCUT2D eigenvalue weighted by Crippen LogP contribution is -2.44. The van der Waals surface area contributed by atoms with Gasteiger partial charge in [-0.15, -0.1) is 0 Å². The van der Waals surface area contributed by atoms with Gasteiger partial charge in [-0.1, -0.05) is 18.2 Å². The zero-order valence-electron chi connectivity index (χ0n) is 14.5. The molecule has 3 aliphatic rings. The first-order valence-electron chi connectivity index (χ1n) is 9.47. The van der Waals surface area contributed by atoms with Crippen molar-refractivity contribution in [3.63, 3.8) is 0 Å². The minimum atomic E-state index is -0.210. The summed E-state index contributed by atoms with van der Waals surface area (Å²) in [6.45, 7) is 3.10. The van der Waals surface area contributed by atoms with Crippen LogP contribution >= 0.6 is 0 Å². The molecule has 4 nitrogen and oxygen atoms in total. The fourth-order valence-electron chi connectivity index (χ4n) is 4.36. The quantitative estimate of drug-likeness (QED) is 0.846. The number of hydrogen-bond donors (Lipinski definition) is 0. The molecule has 0 aromatic heterocycles. The number of piperidine rings is 1. The normalized spacial score (nSPS) is 26.8. The molecule has 2 atom stereocenters. The van der Waals surface area contributed by atoms with Crippen LogP contribution < -0.4 is 0 Å². The number of likely N-dealkylation sites (tertiary alicyclic amines) is 2. The van der Waals surface area contributed by atoms with Crippen LogP contribution in [0.25, 0.3) is 0 Å². The molecular weight excluding hydrogens is 319 g/mol. The molecule has 1 aliphatic carbocycles. The summed E-state index contributed by atoms with van der Waals surface area (Å²) in [5, 5.41) is 0. The van der Waals surface area contributed by atoms with E-state index in [4.69, 9.17) is 0 Å². The second kappa shape index (κ2) is 6.77. The van der Waals surface area contributed by atoms with E-state index in [2.05, 4.69) is 0 Å². The lowest BCUT2D eigenvalue weighted by Gasteiger charge is -2.33. The van der Waals surface area contributed by atoms with E-state index in [1.807, 2.05) is 15.9 Å². The van der Waals surface area contributed by atoms with Crippen LogP contribution in [0.3, 0.4) is 0 Å². The standard InChI is InChI=1S/C20H25FN2O2/c21-18-6-2-1-5-15(18)16-13-17(16)20(25)23-11-7-14(8-12-23)19(24)22-9-3-4-10-22/h1-2,5-6,14,16-17H,3-4,7-13H2. The topological polar surface area (TPSA) is 40.6 Å². The van der Waals surface area contributed by atoms with Crippen LogP contribution in [0.15, 0.2) is 24.3 Å². The van der Waals surface area contributed by atoms with E-state index >= 15 is 0 Å². The zero-order chi connectivity index (χ0) is 17.4. The molecule has 25 heavy (non-hydrogen) atoms. The molecule has 1 aromatic carbocycles. The van der Waals surface area contributed by atoms with Crippen molar-refractivity contribution >= 4 is 11.8 Å². The lowest BCUT2D eigenvalue weighted by atomic mass is 9.95. The SMILES string of the molecule is O=C(C1CCN(C(=O)C2CC2c2ccccc2F)CC1)N1CCCC1. The van der Waals surface area contributed by atoms with Gasteiger partial charge in [-0.05, 0) is 49.7 Å². The highest BCUT2D eigenvalue weighted by Crippen LogP contribution is 2.49. The van der Waals surface area contributed by atoms with E-state index in [-0.39, 0.29) is 35.4 Å². The number of amides is 2. The second-order valence-corrected chi connectivity index (χ2v) is 7.60. The smallest absolute Gasteiger partial charge is 0.226 e. The molecule has 2 amide bonds. The van der Waals surface area contributed by atoms with Crippen molar-refractivity contribution < 1.29 is 14.0 Å². The van der Waals surface area contributed by atoms with Gasteiger partial charge in [0.05, 0.1) is 0 Å². The summed E-state index contributed by atoms with van der Waals surface area (Å²) in [6.07, 6.45) is 4.49. The van der Waals surface area contributed by atoms with Crippen LogP contribution in [0, 0.1) is 17.7 Å². The van der Waals surface area contributed by atoms with Crippen LogP contribution in [0.5, 0.6) is 0 Å². The molecule has 0 radical (unpaired) electrons. The Kier molecular flexibility index (Phi) is 4.48. The number of benzene rings is 1. The molecule has 2 saturated heterocycles. The zero-order valence-corrected chi connectivity index (χ0v) is 14.5. The summed E-state index contributed by atoms with van der Waals surface area (Å²) in [4.78, 5) is 29.0. The maximum absolute atomic E-state index is 13.9. The van der Waals surface area contributed by atoms with Crippen molar-refractivity contribution in [2.75, 3.05) is 26.2 Å². The predicted octanol–water partition coefficient (Wildman–Crippen LogP) is 2.79. The molecule has 0 spiro atoms. The molecule has 1 aromatic rings. The van der Waals surface area contributed by atoms with E-state index in [0.29, 0.717) is 18.7 Å². The Bertz CT molecular complexity index is 663. The summed E-state index contributed by atoms with van der Waals surface area (Å²) in [7, 11) is 0. The fraction of sp³-hybridized carbons (Fsp3) is 0.600. The Labute approximate surface area is 148 Å². The predicted molar refractivity (Wildman–Crippen MR) is 92.4 cm³/mol. The largest absolute Gasteiger partial charge is 0.342 e. The van der Waals surface area contributed by atoms with Gasteiger partial charge in [-0.25, -0.2) is 4.39 Å². The molecule has 2 heterocycles. The van der Waals surface area contributed by atoms with Crippen LogP contribution in [-0.2, 0) is 9.59 Å². The molecule has 0 N–H and O–H groups in total. The summed E-state index contributed by atoms with van der Waals surface area (Å²) >= 11 is 0. The fourth-order valence-corrected chi connectivity index (χ4v) is 4.36. The second-order valence-electron chi connectivity index (χ2n) is 7.60. The molecule has 5 heteroatoms. The number of carbonyl (C=O) groups excluding carboxylic acids is 2. The highest BCUT2D eigenvalue weighted by Gasteiger charge is 2.47. The van der Waals surface area contributed by atoms with E-state index in [1.54, 1.807) is 12.1 Å². The summed E-state index contributed by atoms with van der Waals surface area (Å²) < 4.78 is 13.9. The molecule has 4 rings (SSSR count). The third-order valence-corrected chi connectivity index (χ3v) is 5.99. The van der Waals surface area contributed by atoms with Gasteiger partial charge in [-0.3, -0.25) is 9.59 Å². The summed E-state index contributed by atoms with van der Waals surface area (Å²) in [6, 6.07) is 6.76. The van der Waals surface area contributed by atoms with Crippen molar-refractivity contribution in [1.82, 2.24) is 9.80 Å². The van der Waals surface area contributed by atoms with Crippen molar-refractivity contribution in [2.24, 2.45) is 11.8 Å². The van der Waals surface area contributed by atoms with Crippen molar-refractivity contribution in [2.45, 2.75) is 38.0 Å². The van der Waals surface area contributed by atoms with E-state index in [1.165, 1.54) is 6.07 Å². The van der Waals surface area contributed by atoms with E-state index < -0.39 is 0 Å². The van der Waals surface area contributed by atoms with Gasteiger partial charge in [0.1, 0.15) is 5.82 Å². The highest BCUT2D eigenvalue weighted by molar-refractivity contribution is 5.84. The van der Waals surface area contributed by atoms with Gasteiger partial charge in [-0.2, -0.15) is 0 Å². The number of nitrogens with zero attached hydrogens (tertiary/aromatic N) is 2. The van der Waals surface area contributed by atoms with Gasteiger partial charge < -0.3 is 9.80 Å². The van der Waals surface area contributed by atoms with Gasteiger partial charge in [0.15, 0.2) is 0 Å². The first kappa shape index (κ1) is 16.6. The number of hydrogen-bond acceptors (Lipinski definition) is 2. The first-order chi connectivity index (χ1) is 12.1. The van der Waals surface area contributed by atoms with Gasteiger partial charge in [0.25, 0.3) is 0 Å². The summed E-state index contributed by atoms with van der Waals surface area (Å²) in [5.74, 6) is 0.224. The van der Waals surface area contributed by atoms with Gasteiger partial charge in [0.2, 0.25) is 11.8 Å². The molecule has 3 fully saturated rings. The number of rotatable bonds is 3. The minimum absolute atomic E-state index is 0.0256. The molecule has 2 unspecified atom stereocenters. The third-order valence-electron chi connectivity index (χ3n) is 5.99. The average molecular weight is 344 g/mol. The van der Waals surface area contributed by atoms with E-state index in [9.17, 15) is 14.0 Å². The van der Waals surface area contributed by atoms with Crippen LogP contribution in [-0.4, -0.2) is 47.8 Å². The van der Waals surface area contributed by atoms with Crippen molar-refractivity contribution in [3.8, 4) is 0 Å². The average Bonchev–Trinajstić information content (AvgIpc) is 3.24. The Morgan fingerprint density at radius 3 is 2.24 bits per heavy atom. The van der Waals surface area contributed by atoms with Crippen molar-refractivity contribution in [3.05, 3.63) is 35.6 Å². The van der Waals surface area contributed by atoms with Crippen molar-refractivity contribution in [1.29, 1.82) is 0 Å². The number of halogens is 1. The first-order valence-corrected chi connectivity index (χ1v) is 9.47. The highest BCUT2D eigenvalue weighted by atomic mass is 19.1. The monoisotopic (exact) mass is 344 g/mol. The minimum Gasteiger partial charge on any atom is -0.342 e.